The van der Waals surface area contributed by atoms with Crippen LogP contribution in [0, 0.1) is 0 Å². The predicted octanol–water partition coefficient (Wildman–Crippen LogP) is 2.21. The molecule has 1 aromatic carbocycles. The van der Waals surface area contributed by atoms with Crippen LogP contribution >= 0.6 is 0 Å². The van der Waals surface area contributed by atoms with Gasteiger partial charge in [-0.3, -0.25) is 0 Å². The van der Waals surface area contributed by atoms with E-state index in [4.69, 9.17) is 10.5 Å². The second kappa shape index (κ2) is 3.95. The molecule has 1 atom stereocenters. The van der Waals surface area contributed by atoms with Crippen LogP contribution in [0.2, 0.25) is 0 Å². The molecule has 0 spiro atoms. The number of benzene rings is 1. The molecule has 1 aromatic rings. The van der Waals surface area contributed by atoms with Crippen molar-refractivity contribution >= 4 is 0 Å². The van der Waals surface area contributed by atoms with Gasteiger partial charge in [-0.2, -0.15) is 0 Å². The summed E-state index contributed by atoms with van der Waals surface area (Å²) in [5.74, 6) is 0. The highest BCUT2D eigenvalue weighted by Gasteiger charge is 2.44. The third kappa shape index (κ3) is 2.21. The van der Waals surface area contributed by atoms with E-state index in [0.29, 0.717) is 0 Å². The molecule has 0 saturated heterocycles. The number of hydrogen-bond donors (Lipinski definition) is 1. The van der Waals surface area contributed by atoms with Crippen LogP contribution in [0.4, 0.5) is 0 Å². The van der Waals surface area contributed by atoms with E-state index < -0.39 is 0 Å². The first-order valence-electron chi connectivity index (χ1n) is 5.56. The summed E-state index contributed by atoms with van der Waals surface area (Å²) in [4.78, 5) is 0. The van der Waals surface area contributed by atoms with Crippen molar-refractivity contribution in [3.05, 3.63) is 35.4 Å². The molecule has 2 N–H and O–H groups in total. The monoisotopic (exact) mass is 205 g/mol. The van der Waals surface area contributed by atoms with Gasteiger partial charge in [0.05, 0.1) is 5.60 Å². The van der Waals surface area contributed by atoms with E-state index in [-0.39, 0.29) is 11.6 Å². The van der Waals surface area contributed by atoms with Crippen LogP contribution in [-0.4, -0.2) is 13.2 Å². The molecule has 15 heavy (non-hydrogen) atoms. The average Bonchev–Trinajstić information content (AvgIpc) is 2.97. The summed E-state index contributed by atoms with van der Waals surface area (Å²) in [6.07, 6.45) is 3.23. The minimum atomic E-state index is 0.0217. The molecule has 2 nitrogen and oxygen atoms in total. The third-order valence-corrected chi connectivity index (χ3v) is 3.11. The van der Waals surface area contributed by atoms with Crippen LogP contribution < -0.4 is 5.73 Å². The molecule has 1 fully saturated rings. The quantitative estimate of drug-likeness (QED) is 0.818. The second-order valence-corrected chi connectivity index (χ2v) is 4.58. The van der Waals surface area contributed by atoms with Gasteiger partial charge in [-0.15, -0.1) is 0 Å². The Hall–Kier alpha value is -0.860. The Balaban J connectivity index is 2.19. The number of ether oxygens (including phenoxy) is 1. The molecule has 1 aliphatic carbocycles. The number of hydrogen-bond acceptors (Lipinski definition) is 2. The largest absolute Gasteiger partial charge is 0.374 e. The fourth-order valence-electron chi connectivity index (χ4n) is 2.08. The van der Waals surface area contributed by atoms with Crippen LogP contribution in [0.25, 0.3) is 0 Å². The first-order valence-corrected chi connectivity index (χ1v) is 5.56. The summed E-state index contributed by atoms with van der Waals surface area (Å²) in [7, 11) is 1.80. The minimum absolute atomic E-state index is 0.0217. The van der Waals surface area contributed by atoms with Gasteiger partial charge < -0.3 is 10.5 Å². The normalized spacial score (nSPS) is 19.9. The molecular weight excluding hydrogens is 186 g/mol. The molecule has 0 aromatic heterocycles. The maximum absolute atomic E-state index is 5.80. The Kier molecular flexibility index (Phi) is 2.81. The molecule has 82 valence electrons. The lowest BCUT2D eigenvalue weighted by atomic mass is 10.0. The third-order valence-electron chi connectivity index (χ3n) is 3.11. The minimum Gasteiger partial charge on any atom is -0.374 e. The lowest BCUT2D eigenvalue weighted by Gasteiger charge is -2.15. The zero-order valence-electron chi connectivity index (χ0n) is 9.49. The van der Waals surface area contributed by atoms with E-state index >= 15 is 0 Å². The molecule has 0 radical (unpaired) electrons. The van der Waals surface area contributed by atoms with Crippen molar-refractivity contribution in [1.82, 2.24) is 0 Å². The fourth-order valence-corrected chi connectivity index (χ4v) is 2.08. The molecule has 1 saturated carbocycles. The summed E-state index contributed by atoms with van der Waals surface area (Å²) < 4.78 is 5.56. The Morgan fingerprint density at radius 1 is 1.47 bits per heavy atom. The van der Waals surface area contributed by atoms with Gasteiger partial charge in [-0.25, -0.2) is 0 Å². The zero-order valence-corrected chi connectivity index (χ0v) is 9.49. The van der Waals surface area contributed by atoms with E-state index in [0.717, 1.165) is 19.3 Å². The van der Waals surface area contributed by atoms with E-state index in [1.165, 1.54) is 11.1 Å². The van der Waals surface area contributed by atoms with Gasteiger partial charge >= 0.3 is 0 Å². The summed E-state index contributed by atoms with van der Waals surface area (Å²) in [6, 6.07) is 8.85. The predicted molar refractivity (Wildman–Crippen MR) is 61.7 cm³/mol. The Morgan fingerprint density at radius 2 is 2.20 bits per heavy atom. The van der Waals surface area contributed by atoms with Crippen molar-refractivity contribution in [1.29, 1.82) is 0 Å². The van der Waals surface area contributed by atoms with Crippen molar-refractivity contribution in [3.63, 3.8) is 0 Å². The van der Waals surface area contributed by atoms with Crippen molar-refractivity contribution in [2.45, 2.75) is 37.8 Å². The number of rotatable bonds is 4. The van der Waals surface area contributed by atoms with E-state index in [2.05, 4.69) is 24.3 Å². The van der Waals surface area contributed by atoms with Gasteiger partial charge in [0.25, 0.3) is 0 Å². The maximum Gasteiger partial charge on any atom is 0.0930 e. The highest BCUT2D eigenvalue weighted by Crippen LogP contribution is 2.48. The molecule has 0 amide bonds. The molecule has 2 rings (SSSR count). The van der Waals surface area contributed by atoms with Gasteiger partial charge in [0.15, 0.2) is 0 Å². The summed E-state index contributed by atoms with van der Waals surface area (Å²) in [5.41, 5.74) is 8.44. The summed E-state index contributed by atoms with van der Waals surface area (Å²) in [6.45, 7) is 2.04. The molecule has 0 bridgehead atoms. The van der Waals surface area contributed by atoms with Gasteiger partial charge in [0.1, 0.15) is 0 Å². The van der Waals surface area contributed by atoms with Crippen LogP contribution in [-0.2, 0) is 16.8 Å². The summed E-state index contributed by atoms with van der Waals surface area (Å²) in [5, 5.41) is 0. The van der Waals surface area contributed by atoms with Crippen LogP contribution in [0.15, 0.2) is 24.3 Å². The van der Waals surface area contributed by atoms with Crippen molar-refractivity contribution < 1.29 is 4.74 Å². The molecule has 1 aliphatic rings. The standard InChI is InChI=1S/C13H19NO/c1-10(14)8-11-4-3-5-12(9-11)13(15-2)6-7-13/h3-5,9-10H,6-8,14H2,1-2H3. The first kappa shape index (κ1) is 10.7. The van der Waals surface area contributed by atoms with Gasteiger partial charge in [0, 0.05) is 13.2 Å². The lowest BCUT2D eigenvalue weighted by Crippen LogP contribution is -2.18. The van der Waals surface area contributed by atoms with Crippen molar-refractivity contribution in [2.75, 3.05) is 7.11 Å². The van der Waals surface area contributed by atoms with E-state index in [1.54, 1.807) is 7.11 Å². The smallest absolute Gasteiger partial charge is 0.0930 e. The molecule has 0 aliphatic heterocycles. The number of methoxy groups -OCH3 is 1. The van der Waals surface area contributed by atoms with Crippen LogP contribution in [0.1, 0.15) is 30.9 Å². The SMILES string of the molecule is COC1(c2cccc(CC(C)N)c2)CC1. The van der Waals surface area contributed by atoms with Gasteiger partial charge in [-0.05, 0) is 37.3 Å². The number of nitrogens with two attached hydrogens (primary N) is 1. The highest BCUT2D eigenvalue weighted by molar-refractivity contribution is 5.32. The van der Waals surface area contributed by atoms with E-state index in [1.807, 2.05) is 6.92 Å². The Bertz CT molecular complexity index is 342. The van der Waals surface area contributed by atoms with Crippen molar-refractivity contribution in [3.8, 4) is 0 Å². The van der Waals surface area contributed by atoms with Gasteiger partial charge in [0.2, 0.25) is 0 Å². The van der Waals surface area contributed by atoms with Crippen molar-refractivity contribution in [2.24, 2.45) is 5.73 Å². The Labute approximate surface area is 91.4 Å². The molecule has 2 heteroatoms. The average molecular weight is 205 g/mol. The molecule has 0 heterocycles. The maximum atomic E-state index is 5.80. The summed E-state index contributed by atoms with van der Waals surface area (Å²) >= 11 is 0. The van der Waals surface area contributed by atoms with Crippen LogP contribution in [0.3, 0.4) is 0 Å². The van der Waals surface area contributed by atoms with Crippen LogP contribution in [0.5, 0.6) is 0 Å². The lowest BCUT2D eigenvalue weighted by molar-refractivity contribution is 0.0788. The Morgan fingerprint density at radius 3 is 2.73 bits per heavy atom. The fraction of sp³-hybridized carbons (Fsp3) is 0.538. The first-order chi connectivity index (χ1) is 7.16. The highest BCUT2D eigenvalue weighted by atomic mass is 16.5. The van der Waals surface area contributed by atoms with Gasteiger partial charge in [-0.1, -0.05) is 24.3 Å². The zero-order chi connectivity index (χ0) is 10.9. The molecule has 1 unspecified atom stereocenters. The van der Waals surface area contributed by atoms with E-state index in [9.17, 15) is 0 Å². The molecular formula is C13H19NO. The topological polar surface area (TPSA) is 35.2 Å². The second-order valence-electron chi connectivity index (χ2n) is 4.58.